The first-order valence-electron chi connectivity index (χ1n) is 6.32. The third kappa shape index (κ3) is 8.37. The van der Waals surface area contributed by atoms with Gasteiger partial charge in [0.1, 0.15) is 12.4 Å². The average molecular weight is 266 g/mol. The van der Waals surface area contributed by atoms with Gasteiger partial charge in [-0.3, -0.25) is 0 Å². The molecular weight excluding hydrogens is 244 g/mol. The third-order valence-corrected chi connectivity index (χ3v) is 2.41. The first kappa shape index (κ1) is 15.7. The standard InChI is InChI=1S/C15H22O4/c1-14(16-2)12-18-10-8-17-9-11-19-13-15-6-4-3-5-7-15/h3-7H,1,8-13H2,2H3. The molecule has 4 nitrogen and oxygen atoms in total. The van der Waals surface area contributed by atoms with Crippen molar-refractivity contribution in [3.8, 4) is 0 Å². The van der Waals surface area contributed by atoms with Gasteiger partial charge in [0.25, 0.3) is 0 Å². The first-order chi connectivity index (χ1) is 9.33. The molecule has 0 bridgehead atoms. The maximum atomic E-state index is 5.48. The lowest BCUT2D eigenvalue weighted by atomic mass is 10.2. The Bertz CT molecular complexity index is 337. The fraction of sp³-hybridized carbons (Fsp3) is 0.467. The molecule has 0 fully saturated rings. The van der Waals surface area contributed by atoms with E-state index in [0.717, 1.165) is 0 Å². The molecule has 1 aromatic rings. The second-order valence-electron chi connectivity index (χ2n) is 3.95. The molecule has 0 aliphatic rings. The van der Waals surface area contributed by atoms with Gasteiger partial charge in [0.05, 0.1) is 40.1 Å². The van der Waals surface area contributed by atoms with Gasteiger partial charge in [-0.1, -0.05) is 36.9 Å². The quantitative estimate of drug-likeness (QED) is 0.455. The van der Waals surface area contributed by atoms with Crippen LogP contribution in [0, 0.1) is 0 Å². The largest absolute Gasteiger partial charge is 0.499 e. The summed E-state index contributed by atoms with van der Waals surface area (Å²) in [5.41, 5.74) is 1.17. The minimum absolute atomic E-state index is 0.407. The van der Waals surface area contributed by atoms with Crippen molar-refractivity contribution in [2.24, 2.45) is 0 Å². The predicted octanol–water partition coefficient (Wildman–Crippen LogP) is 2.40. The van der Waals surface area contributed by atoms with E-state index < -0.39 is 0 Å². The Balaban J connectivity index is 1.85. The van der Waals surface area contributed by atoms with Gasteiger partial charge < -0.3 is 18.9 Å². The molecule has 19 heavy (non-hydrogen) atoms. The Morgan fingerprint density at radius 2 is 1.58 bits per heavy atom. The van der Waals surface area contributed by atoms with Crippen molar-refractivity contribution in [1.29, 1.82) is 0 Å². The maximum absolute atomic E-state index is 5.48. The number of methoxy groups -OCH3 is 1. The summed E-state index contributed by atoms with van der Waals surface area (Å²) < 4.78 is 21.0. The maximum Gasteiger partial charge on any atom is 0.114 e. The van der Waals surface area contributed by atoms with Crippen LogP contribution in [0.25, 0.3) is 0 Å². The molecule has 0 atom stereocenters. The monoisotopic (exact) mass is 266 g/mol. The smallest absolute Gasteiger partial charge is 0.114 e. The lowest BCUT2D eigenvalue weighted by Crippen LogP contribution is -2.10. The summed E-state index contributed by atoms with van der Waals surface area (Å²) in [5.74, 6) is 0.617. The van der Waals surface area contributed by atoms with Gasteiger partial charge in [0.2, 0.25) is 0 Å². The van der Waals surface area contributed by atoms with Gasteiger partial charge in [-0.2, -0.15) is 0 Å². The van der Waals surface area contributed by atoms with Gasteiger partial charge in [-0.25, -0.2) is 0 Å². The molecule has 0 N–H and O–H groups in total. The minimum atomic E-state index is 0.407. The number of hydrogen-bond acceptors (Lipinski definition) is 4. The van der Waals surface area contributed by atoms with Crippen LogP contribution in [0.3, 0.4) is 0 Å². The number of ether oxygens (including phenoxy) is 4. The summed E-state index contributed by atoms with van der Waals surface area (Å²) in [5, 5.41) is 0. The van der Waals surface area contributed by atoms with Gasteiger partial charge in [0, 0.05) is 0 Å². The van der Waals surface area contributed by atoms with Gasteiger partial charge >= 0.3 is 0 Å². The van der Waals surface area contributed by atoms with Crippen molar-refractivity contribution in [2.45, 2.75) is 6.61 Å². The zero-order valence-corrected chi connectivity index (χ0v) is 11.5. The van der Waals surface area contributed by atoms with E-state index in [1.807, 2.05) is 30.3 Å². The number of hydrogen-bond donors (Lipinski definition) is 0. The fourth-order valence-electron chi connectivity index (χ4n) is 1.35. The molecule has 1 rings (SSSR count). The van der Waals surface area contributed by atoms with Crippen LogP contribution in [0.2, 0.25) is 0 Å². The van der Waals surface area contributed by atoms with E-state index in [1.165, 1.54) is 5.56 Å². The van der Waals surface area contributed by atoms with Crippen LogP contribution in [0.5, 0.6) is 0 Å². The second-order valence-corrected chi connectivity index (χ2v) is 3.95. The Hall–Kier alpha value is -1.36. The molecule has 0 aliphatic carbocycles. The number of rotatable bonds is 11. The van der Waals surface area contributed by atoms with Gasteiger partial charge in [-0.15, -0.1) is 0 Å². The molecule has 0 saturated carbocycles. The summed E-state index contributed by atoms with van der Waals surface area (Å²) in [4.78, 5) is 0. The molecule has 0 heterocycles. The van der Waals surface area contributed by atoms with Crippen LogP contribution < -0.4 is 0 Å². The highest BCUT2D eigenvalue weighted by atomic mass is 16.6. The van der Waals surface area contributed by atoms with E-state index in [0.29, 0.717) is 45.4 Å². The lowest BCUT2D eigenvalue weighted by molar-refractivity contribution is 0.00974. The van der Waals surface area contributed by atoms with Gasteiger partial charge in [-0.05, 0) is 5.56 Å². The molecule has 4 heteroatoms. The molecule has 0 spiro atoms. The summed E-state index contributed by atoms with van der Waals surface area (Å²) in [7, 11) is 1.58. The molecule has 1 aromatic carbocycles. The van der Waals surface area contributed by atoms with Crippen molar-refractivity contribution in [1.82, 2.24) is 0 Å². The Labute approximate surface area is 114 Å². The van der Waals surface area contributed by atoms with Crippen LogP contribution in [-0.4, -0.2) is 40.1 Å². The Morgan fingerprint density at radius 3 is 2.26 bits per heavy atom. The SMILES string of the molecule is C=C(COCCOCCOCc1ccccc1)OC. The van der Waals surface area contributed by atoms with E-state index in [1.54, 1.807) is 7.11 Å². The van der Waals surface area contributed by atoms with Crippen molar-refractivity contribution < 1.29 is 18.9 Å². The highest BCUT2D eigenvalue weighted by molar-refractivity contribution is 5.13. The fourth-order valence-corrected chi connectivity index (χ4v) is 1.35. The van der Waals surface area contributed by atoms with Crippen LogP contribution in [0.4, 0.5) is 0 Å². The number of benzene rings is 1. The summed E-state index contributed by atoms with van der Waals surface area (Å²) in [6.45, 7) is 6.91. The highest BCUT2D eigenvalue weighted by Crippen LogP contribution is 1.99. The predicted molar refractivity (Wildman–Crippen MR) is 73.9 cm³/mol. The molecule has 0 unspecified atom stereocenters. The zero-order valence-electron chi connectivity index (χ0n) is 11.5. The normalized spacial score (nSPS) is 10.4. The first-order valence-corrected chi connectivity index (χ1v) is 6.32. The zero-order chi connectivity index (χ0) is 13.8. The van der Waals surface area contributed by atoms with Crippen molar-refractivity contribution >= 4 is 0 Å². The molecular formula is C15H22O4. The molecule has 0 aliphatic heterocycles. The van der Waals surface area contributed by atoms with Gasteiger partial charge in [0.15, 0.2) is 0 Å². The van der Waals surface area contributed by atoms with Crippen molar-refractivity contribution in [3.63, 3.8) is 0 Å². The van der Waals surface area contributed by atoms with Crippen LogP contribution in [0.15, 0.2) is 42.7 Å². The molecule has 0 amide bonds. The van der Waals surface area contributed by atoms with E-state index >= 15 is 0 Å². The van der Waals surface area contributed by atoms with E-state index in [4.69, 9.17) is 18.9 Å². The molecule has 0 saturated heterocycles. The highest BCUT2D eigenvalue weighted by Gasteiger charge is 1.94. The summed E-state index contributed by atoms with van der Waals surface area (Å²) in [6, 6.07) is 10.1. The topological polar surface area (TPSA) is 36.9 Å². The van der Waals surface area contributed by atoms with Crippen molar-refractivity contribution in [3.05, 3.63) is 48.2 Å². The molecule has 0 aromatic heterocycles. The minimum Gasteiger partial charge on any atom is -0.499 e. The van der Waals surface area contributed by atoms with E-state index in [-0.39, 0.29) is 0 Å². The van der Waals surface area contributed by atoms with Crippen LogP contribution in [0.1, 0.15) is 5.56 Å². The van der Waals surface area contributed by atoms with E-state index in [9.17, 15) is 0 Å². The van der Waals surface area contributed by atoms with Crippen LogP contribution >= 0.6 is 0 Å². The Kier molecular flexibility index (Phi) is 8.72. The summed E-state index contributed by atoms with van der Waals surface area (Å²) in [6.07, 6.45) is 0. The Morgan fingerprint density at radius 1 is 0.947 bits per heavy atom. The van der Waals surface area contributed by atoms with E-state index in [2.05, 4.69) is 6.58 Å². The van der Waals surface area contributed by atoms with Crippen molar-refractivity contribution in [2.75, 3.05) is 40.1 Å². The molecule has 0 radical (unpaired) electrons. The molecule has 106 valence electrons. The lowest BCUT2D eigenvalue weighted by Gasteiger charge is -2.07. The summed E-state index contributed by atoms with van der Waals surface area (Å²) >= 11 is 0. The average Bonchev–Trinajstić information content (AvgIpc) is 2.46. The van der Waals surface area contributed by atoms with Crippen LogP contribution in [-0.2, 0) is 25.6 Å². The third-order valence-electron chi connectivity index (χ3n) is 2.41. The second kappa shape index (κ2) is 10.6.